The molecule has 0 bridgehead atoms. The fourth-order valence-corrected chi connectivity index (χ4v) is 3.30. The van der Waals surface area contributed by atoms with Crippen LogP contribution in [0, 0.1) is 0 Å². The number of rotatable bonds is 5. The molecule has 0 aromatic heterocycles. The van der Waals surface area contributed by atoms with Gasteiger partial charge in [0.05, 0.1) is 27.8 Å². The van der Waals surface area contributed by atoms with Crippen LogP contribution in [-0.4, -0.2) is 57.2 Å². The van der Waals surface area contributed by atoms with Crippen molar-refractivity contribution in [1.29, 1.82) is 0 Å². The van der Waals surface area contributed by atoms with Crippen LogP contribution in [0.5, 0.6) is 5.75 Å². The van der Waals surface area contributed by atoms with Crippen molar-refractivity contribution in [3.63, 3.8) is 0 Å². The van der Waals surface area contributed by atoms with Crippen LogP contribution >= 0.6 is 11.8 Å². The number of methoxy groups -OCH3 is 1. The number of ether oxygens (including phenoxy) is 2. The minimum Gasteiger partial charge on any atom is -0.497 e. The molecule has 1 aromatic carbocycles. The number of thioether (sulfide) groups is 1. The normalized spacial score (nSPS) is 22.2. The number of likely N-dealkylation sites (N-methyl/N-ethyl adjacent to an activating group) is 1. The summed E-state index contributed by atoms with van der Waals surface area (Å²) in [7, 11) is 6.26. The highest BCUT2D eigenvalue weighted by molar-refractivity contribution is 7.98. The standard InChI is InChI=1S/C15H24NO2S/c1-16(2)8-9-18-15(10-16)12-19-11-13-4-6-14(17-3)7-5-13/h4-7,15H,8-12H2,1-3H3/q+1. The van der Waals surface area contributed by atoms with Gasteiger partial charge in [-0.25, -0.2) is 0 Å². The van der Waals surface area contributed by atoms with Crippen LogP contribution in [0.25, 0.3) is 0 Å². The number of hydrogen-bond acceptors (Lipinski definition) is 3. The van der Waals surface area contributed by atoms with E-state index in [1.54, 1.807) is 7.11 Å². The summed E-state index contributed by atoms with van der Waals surface area (Å²) in [4.78, 5) is 0. The smallest absolute Gasteiger partial charge is 0.118 e. The van der Waals surface area contributed by atoms with E-state index < -0.39 is 0 Å². The van der Waals surface area contributed by atoms with Crippen molar-refractivity contribution in [2.45, 2.75) is 11.9 Å². The second kappa shape index (κ2) is 6.64. The molecule has 0 N–H and O–H groups in total. The van der Waals surface area contributed by atoms with E-state index in [9.17, 15) is 0 Å². The molecule has 1 fully saturated rings. The number of nitrogens with zero attached hydrogens (tertiary/aromatic N) is 1. The fourth-order valence-electron chi connectivity index (χ4n) is 2.29. The minimum absolute atomic E-state index is 0.395. The summed E-state index contributed by atoms with van der Waals surface area (Å²) >= 11 is 1.95. The molecule has 19 heavy (non-hydrogen) atoms. The Morgan fingerprint density at radius 3 is 2.68 bits per heavy atom. The first kappa shape index (κ1) is 14.7. The second-order valence-corrected chi connectivity index (χ2v) is 6.73. The summed E-state index contributed by atoms with van der Waals surface area (Å²) in [5.74, 6) is 3.04. The van der Waals surface area contributed by atoms with E-state index in [-0.39, 0.29) is 0 Å². The maximum absolute atomic E-state index is 5.83. The average Bonchev–Trinajstić information content (AvgIpc) is 2.38. The van der Waals surface area contributed by atoms with E-state index >= 15 is 0 Å². The predicted octanol–water partition coefficient (Wildman–Crippen LogP) is 2.40. The van der Waals surface area contributed by atoms with Crippen LogP contribution in [0.4, 0.5) is 0 Å². The lowest BCUT2D eigenvalue weighted by atomic mass is 10.2. The molecule has 4 heteroatoms. The zero-order valence-corrected chi connectivity index (χ0v) is 12.9. The molecule has 1 saturated heterocycles. The molecular weight excluding hydrogens is 258 g/mol. The first-order valence-corrected chi connectivity index (χ1v) is 7.89. The largest absolute Gasteiger partial charge is 0.497 e. The van der Waals surface area contributed by atoms with Crippen molar-refractivity contribution in [2.24, 2.45) is 0 Å². The van der Waals surface area contributed by atoms with Crippen LogP contribution in [-0.2, 0) is 10.5 Å². The second-order valence-electron chi connectivity index (χ2n) is 5.70. The zero-order valence-electron chi connectivity index (χ0n) is 12.1. The van der Waals surface area contributed by atoms with Gasteiger partial charge in [0, 0.05) is 11.5 Å². The maximum Gasteiger partial charge on any atom is 0.118 e. The van der Waals surface area contributed by atoms with Crippen molar-refractivity contribution >= 4 is 11.8 Å². The summed E-state index contributed by atoms with van der Waals surface area (Å²) in [5, 5.41) is 0. The highest BCUT2D eigenvalue weighted by atomic mass is 32.2. The Labute approximate surface area is 120 Å². The van der Waals surface area contributed by atoms with Gasteiger partial charge in [-0.15, -0.1) is 0 Å². The molecule has 1 unspecified atom stereocenters. The Morgan fingerprint density at radius 1 is 1.32 bits per heavy atom. The van der Waals surface area contributed by atoms with Gasteiger partial charge in [0.15, 0.2) is 0 Å². The summed E-state index contributed by atoms with van der Waals surface area (Å²) in [6.45, 7) is 3.13. The van der Waals surface area contributed by atoms with Crippen LogP contribution in [0.2, 0.25) is 0 Å². The lowest BCUT2D eigenvalue weighted by molar-refractivity contribution is -0.901. The number of benzene rings is 1. The molecular formula is C15H24NO2S+. The Kier molecular flexibility index (Phi) is 5.13. The minimum atomic E-state index is 0.395. The molecule has 1 atom stereocenters. The highest BCUT2D eigenvalue weighted by Gasteiger charge is 2.27. The summed E-state index contributed by atoms with van der Waals surface area (Å²) in [5.41, 5.74) is 1.34. The van der Waals surface area contributed by atoms with Gasteiger partial charge in [0.25, 0.3) is 0 Å². The third-order valence-electron chi connectivity index (χ3n) is 3.48. The van der Waals surface area contributed by atoms with Crippen LogP contribution in [0.3, 0.4) is 0 Å². The lowest BCUT2D eigenvalue weighted by Gasteiger charge is -2.37. The van der Waals surface area contributed by atoms with Crippen molar-refractivity contribution in [1.82, 2.24) is 0 Å². The lowest BCUT2D eigenvalue weighted by Crippen LogP contribution is -2.53. The van der Waals surface area contributed by atoms with E-state index in [2.05, 4.69) is 26.2 Å². The number of morpholine rings is 1. The van der Waals surface area contributed by atoms with Gasteiger partial charge >= 0.3 is 0 Å². The topological polar surface area (TPSA) is 18.5 Å². The van der Waals surface area contributed by atoms with Crippen LogP contribution in [0.15, 0.2) is 24.3 Å². The van der Waals surface area contributed by atoms with E-state index in [0.29, 0.717) is 6.10 Å². The van der Waals surface area contributed by atoms with E-state index in [4.69, 9.17) is 9.47 Å². The van der Waals surface area contributed by atoms with Crippen LogP contribution in [0.1, 0.15) is 5.56 Å². The quantitative estimate of drug-likeness (QED) is 0.773. The highest BCUT2D eigenvalue weighted by Crippen LogP contribution is 2.20. The molecule has 106 valence electrons. The summed E-state index contributed by atoms with van der Waals surface area (Å²) in [6, 6.07) is 8.31. The van der Waals surface area contributed by atoms with Gasteiger partial charge in [0.2, 0.25) is 0 Å². The van der Waals surface area contributed by atoms with Crippen molar-refractivity contribution in [3.05, 3.63) is 29.8 Å². The SMILES string of the molecule is COc1ccc(CSCC2C[N+](C)(C)CCO2)cc1. The van der Waals surface area contributed by atoms with Gasteiger partial charge in [-0.1, -0.05) is 12.1 Å². The fraction of sp³-hybridized carbons (Fsp3) is 0.600. The molecule has 0 radical (unpaired) electrons. The van der Waals surface area contributed by atoms with Crippen molar-refractivity contribution in [2.75, 3.05) is 46.7 Å². The maximum atomic E-state index is 5.83. The van der Waals surface area contributed by atoms with Gasteiger partial charge in [-0.3, -0.25) is 0 Å². The number of hydrogen-bond donors (Lipinski definition) is 0. The van der Waals surface area contributed by atoms with Gasteiger partial charge in [0.1, 0.15) is 24.9 Å². The Morgan fingerprint density at radius 2 is 2.05 bits per heavy atom. The summed E-state index contributed by atoms with van der Waals surface area (Å²) in [6.07, 6.45) is 0.395. The molecule has 0 amide bonds. The van der Waals surface area contributed by atoms with Crippen molar-refractivity contribution in [3.8, 4) is 5.75 Å². The van der Waals surface area contributed by atoms with E-state index in [1.165, 1.54) is 5.56 Å². The van der Waals surface area contributed by atoms with Gasteiger partial charge < -0.3 is 14.0 Å². The molecule has 2 rings (SSSR count). The van der Waals surface area contributed by atoms with Crippen LogP contribution < -0.4 is 4.74 Å². The predicted molar refractivity (Wildman–Crippen MR) is 80.7 cm³/mol. The molecule has 3 nitrogen and oxygen atoms in total. The third-order valence-corrected chi connectivity index (χ3v) is 4.62. The third kappa shape index (κ3) is 4.71. The van der Waals surface area contributed by atoms with E-state index in [0.717, 1.165) is 41.4 Å². The van der Waals surface area contributed by atoms with Gasteiger partial charge in [-0.2, -0.15) is 11.8 Å². The first-order chi connectivity index (χ1) is 9.09. The zero-order chi connectivity index (χ0) is 13.7. The molecule has 0 aliphatic carbocycles. The van der Waals surface area contributed by atoms with Gasteiger partial charge in [-0.05, 0) is 17.7 Å². The first-order valence-electron chi connectivity index (χ1n) is 6.73. The Hall–Kier alpha value is -0.710. The summed E-state index contributed by atoms with van der Waals surface area (Å²) < 4.78 is 12.1. The van der Waals surface area contributed by atoms with E-state index in [1.807, 2.05) is 23.9 Å². The Bertz CT molecular complexity index is 392. The number of quaternary nitrogens is 1. The molecule has 1 heterocycles. The van der Waals surface area contributed by atoms with Crippen molar-refractivity contribution < 1.29 is 14.0 Å². The average molecular weight is 282 g/mol. The molecule has 1 aromatic rings. The molecule has 1 aliphatic rings. The molecule has 0 saturated carbocycles. The monoisotopic (exact) mass is 282 g/mol. The molecule has 0 spiro atoms. The molecule has 1 aliphatic heterocycles. The Balaban J connectivity index is 1.73.